The zero-order chi connectivity index (χ0) is 8.41. The minimum Gasteiger partial charge on any atom is -0.195 e. The highest BCUT2D eigenvalue weighted by atomic mass is 127. The number of rotatable bonds is 2. The van der Waals surface area contributed by atoms with Crippen LogP contribution >= 0.6 is 22.6 Å². The summed E-state index contributed by atoms with van der Waals surface area (Å²) in [5, 5.41) is 0. The molecule has 0 unspecified atom stereocenters. The summed E-state index contributed by atoms with van der Waals surface area (Å²) in [6.45, 7) is 0. The predicted molar refractivity (Wildman–Crippen MR) is 34.3 cm³/mol. The highest BCUT2D eigenvalue weighted by molar-refractivity contribution is 14.1. The molecule has 0 spiro atoms. The summed E-state index contributed by atoms with van der Waals surface area (Å²) in [6.07, 6.45) is -7.05. The molecule has 0 aliphatic heterocycles. The molecule has 0 aromatic rings. The molecule has 0 heterocycles. The smallest absolute Gasteiger partial charge is 0.195 e. The van der Waals surface area contributed by atoms with E-state index in [0.29, 0.717) is 22.6 Å². The van der Waals surface area contributed by atoms with Crippen LogP contribution in [0.25, 0.3) is 0 Å². The molecule has 0 saturated carbocycles. The monoisotopic (exact) mass is 274 g/mol. The van der Waals surface area contributed by atoms with Crippen LogP contribution in [0.15, 0.2) is 0 Å². The molecule has 0 atom stereocenters. The molecule has 0 radical (unpaired) electrons. The lowest BCUT2D eigenvalue weighted by atomic mass is 10.3. The molecule has 0 rings (SSSR count). The van der Waals surface area contributed by atoms with Gasteiger partial charge < -0.3 is 0 Å². The van der Waals surface area contributed by atoms with Crippen molar-refractivity contribution in [3.63, 3.8) is 0 Å². The average Bonchev–Trinajstić information content (AvgIpc) is 1.57. The van der Waals surface area contributed by atoms with Crippen molar-refractivity contribution in [2.75, 3.05) is 0 Å². The summed E-state index contributed by atoms with van der Waals surface area (Å²) in [7, 11) is 0. The van der Waals surface area contributed by atoms with E-state index in [2.05, 4.69) is 0 Å². The highest BCUT2D eigenvalue weighted by Crippen LogP contribution is 2.33. The van der Waals surface area contributed by atoms with Crippen LogP contribution in [0.4, 0.5) is 22.0 Å². The van der Waals surface area contributed by atoms with Gasteiger partial charge in [-0.1, -0.05) is 0 Å². The minimum absolute atomic E-state index is 0.683. The second-order valence-electron chi connectivity index (χ2n) is 1.73. The quantitative estimate of drug-likeness (QED) is 0.411. The zero-order valence-corrected chi connectivity index (χ0v) is 6.84. The lowest BCUT2D eigenvalue weighted by Crippen LogP contribution is -2.13. The Balaban J connectivity index is 3.56. The Bertz CT molecular complexity index is 87.2. The first kappa shape index (κ1) is 10.4. The number of alkyl halides is 6. The van der Waals surface area contributed by atoms with E-state index in [1.165, 1.54) is 0 Å². The Morgan fingerprint density at radius 3 is 1.40 bits per heavy atom. The lowest BCUT2D eigenvalue weighted by molar-refractivity contribution is -0.142. The van der Waals surface area contributed by atoms with E-state index in [-0.39, 0.29) is 0 Å². The third kappa shape index (κ3) is 8.38. The van der Waals surface area contributed by atoms with Crippen LogP contribution in [0.2, 0.25) is 0 Å². The van der Waals surface area contributed by atoms with Gasteiger partial charge in [-0.3, -0.25) is 0 Å². The van der Waals surface area contributed by atoms with Gasteiger partial charge in [0.15, 0.2) is 0 Å². The molecule has 62 valence electrons. The summed E-state index contributed by atoms with van der Waals surface area (Å²) in [4.78, 5) is 0. The van der Waals surface area contributed by atoms with Gasteiger partial charge in [0.2, 0.25) is 0 Å². The van der Waals surface area contributed by atoms with E-state index >= 15 is 0 Å². The fourth-order valence-electron chi connectivity index (χ4n) is 0.283. The normalized spacial score (nSPS) is 13.8. The van der Waals surface area contributed by atoms with Crippen molar-refractivity contribution in [3.8, 4) is 0 Å². The van der Waals surface area contributed by atoms with Crippen molar-refractivity contribution >= 4 is 22.6 Å². The molecule has 0 aliphatic carbocycles. The Labute approximate surface area is 67.9 Å². The molecular formula is C4H4F5I. The minimum atomic E-state index is -4.48. The van der Waals surface area contributed by atoms with Gasteiger partial charge in [0.1, 0.15) is 0 Å². The van der Waals surface area contributed by atoms with Gasteiger partial charge in [-0.05, 0) is 22.6 Å². The van der Waals surface area contributed by atoms with Crippen molar-refractivity contribution < 1.29 is 22.0 Å². The third-order valence-electron chi connectivity index (χ3n) is 0.692. The first-order chi connectivity index (χ1) is 4.21. The first-order valence-corrected chi connectivity index (χ1v) is 3.42. The first-order valence-electron chi connectivity index (χ1n) is 2.34. The molecule has 6 heteroatoms. The Morgan fingerprint density at radius 2 is 1.30 bits per heavy atom. The van der Waals surface area contributed by atoms with Gasteiger partial charge in [0.05, 0.1) is 0 Å². The van der Waals surface area contributed by atoms with Gasteiger partial charge in [0.25, 0.3) is 3.93 Å². The zero-order valence-electron chi connectivity index (χ0n) is 4.68. The van der Waals surface area contributed by atoms with E-state index in [1.807, 2.05) is 0 Å². The largest absolute Gasteiger partial charge is 0.389 e. The van der Waals surface area contributed by atoms with Crippen LogP contribution in [-0.4, -0.2) is 10.1 Å². The molecular weight excluding hydrogens is 270 g/mol. The van der Waals surface area contributed by atoms with E-state index in [4.69, 9.17) is 0 Å². The van der Waals surface area contributed by atoms with Crippen LogP contribution in [0, 0.1) is 0 Å². The van der Waals surface area contributed by atoms with Gasteiger partial charge in [-0.2, -0.15) is 22.0 Å². The fraction of sp³-hybridized carbons (Fsp3) is 1.00. The van der Waals surface area contributed by atoms with Crippen LogP contribution in [-0.2, 0) is 0 Å². The molecule has 0 aromatic carbocycles. The maximum Gasteiger partial charge on any atom is 0.389 e. The summed E-state index contributed by atoms with van der Waals surface area (Å²) >= 11 is 0.683. The molecule has 0 aliphatic rings. The Morgan fingerprint density at radius 1 is 0.900 bits per heavy atom. The van der Waals surface area contributed by atoms with E-state index in [1.54, 1.807) is 0 Å². The van der Waals surface area contributed by atoms with Crippen LogP contribution in [0.5, 0.6) is 0 Å². The molecule has 0 amide bonds. The Kier molecular flexibility index (Phi) is 3.31. The van der Waals surface area contributed by atoms with Gasteiger partial charge in [-0.25, -0.2) is 0 Å². The molecule has 0 nitrogen and oxygen atoms in total. The van der Waals surface area contributed by atoms with E-state index in [9.17, 15) is 22.0 Å². The number of hydrogen-bond acceptors (Lipinski definition) is 0. The second kappa shape index (κ2) is 3.19. The standard InChI is InChI=1S/C4H4F5I/c5-3(6,7)1-2-4(8,9)10/h1-2H2. The maximum absolute atomic E-state index is 11.7. The predicted octanol–water partition coefficient (Wildman–Crippen LogP) is 3.36. The maximum atomic E-state index is 11.7. The third-order valence-corrected chi connectivity index (χ3v) is 1.23. The average molecular weight is 274 g/mol. The summed E-state index contributed by atoms with van der Waals surface area (Å²) in [5.74, 6) is 0. The summed E-state index contributed by atoms with van der Waals surface area (Å²) < 4.78 is 54.0. The molecule has 10 heavy (non-hydrogen) atoms. The van der Waals surface area contributed by atoms with Gasteiger partial charge in [0, 0.05) is 12.8 Å². The molecule has 0 bridgehead atoms. The molecule has 0 fully saturated rings. The Hall–Kier alpha value is 0.380. The fourth-order valence-corrected chi connectivity index (χ4v) is 0.553. The highest BCUT2D eigenvalue weighted by Gasteiger charge is 2.34. The van der Waals surface area contributed by atoms with Crippen LogP contribution < -0.4 is 0 Å². The SMILES string of the molecule is FC(F)(F)CCC(F)(F)I. The number of hydrogen-bond donors (Lipinski definition) is 0. The second-order valence-corrected chi connectivity index (χ2v) is 3.31. The summed E-state index contributed by atoms with van der Waals surface area (Å²) in [5.41, 5.74) is 0. The number of halogens is 6. The van der Waals surface area contributed by atoms with Crippen LogP contribution in [0.1, 0.15) is 12.8 Å². The van der Waals surface area contributed by atoms with Gasteiger partial charge in [-0.15, -0.1) is 0 Å². The van der Waals surface area contributed by atoms with Crippen LogP contribution in [0.3, 0.4) is 0 Å². The van der Waals surface area contributed by atoms with E-state index < -0.39 is 22.9 Å². The van der Waals surface area contributed by atoms with Crippen molar-refractivity contribution in [1.29, 1.82) is 0 Å². The van der Waals surface area contributed by atoms with E-state index in [0.717, 1.165) is 0 Å². The lowest BCUT2D eigenvalue weighted by Gasteiger charge is -2.09. The molecule has 0 aromatic heterocycles. The van der Waals surface area contributed by atoms with Crippen molar-refractivity contribution in [2.24, 2.45) is 0 Å². The summed E-state index contributed by atoms with van der Waals surface area (Å²) in [6, 6.07) is 0. The van der Waals surface area contributed by atoms with Crippen molar-refractivity contribution in [3.05, 3.63) is 0 Å². The van der Waals surface area contributed by atoms with Crippen molar-refractivity contribution in [1.82, 2.24) is 0 Å². The molecule has 0 saturated heterocycles. The van der Waals surface area contributed by atoms with Crippen molar-refractivity contribution in [2.45, 2.75) is 22.9 Å². The topological polar surface area (TPSA) is 0 Å². The molecule has 0 N–H and O–H groups in total. The van der Waals surface area contributed by atoms with Gasteiger partial charge >= 0.3 is 6.18 Å².